The van der Waals surface area contributed by atoms with Crippen molar-refractivity contribution >= 4 is 21.7 Å². The minimum absolute atomic E-state index is 0.0451. The van der Waals surface area contributed by atoms with Crippen molar-refractivity contribution in [2.45, 2.75) is 18.2 Å². The molecule has 0 saturated carbocycles. The molecule has 0 aliphatic heterocycles. The summed E-state index contributed by atoms with van der Waals surface area (Å²) < 4.78 is 66.9. The van der Waals surface area contributed by atoms with Crippen LogP contribution in [0.5, 0.6) is 5.75 Å². The van der Waals surface area contributed by atoms with Gasteiger partial charge in [-0.3, -0.25) is 0 Å². The van der Waals surface area contributed by atoms with Crippen LogP contribution in [-0.2, 0) is 10.0 Å². The van der Waals surface area contributed by atoms with E-state index in [9.17, 15) is 21.6 Å². The number of ether oxygens (including phenoxy) is 1. The van der Waals surface area contributed by atoms with E-state index in [1.54, 1.807) is 13.0 Å². The molecule has 0 fully saturated rings. The van der Waals surface area contributed by atoms with Crippen LogP contribution in [0, 0.1) is 6.92 Å². The van der Waals surface area contributed by atoms with E-state index in [1.807, 2.05) is 19.0 Å². The smallest absolute Gasteiger partial charge is 0.406 e. The van der Waals surface area contributed by atoms with Crippen LogP contribution >= 0.6 is 0 Å². The highest BCUT2D eigenvalue weighted by molar-refractivity contribution is 7.89. The van der Waals surface area contributed by atoms with Gasteiger partial charge in [0.05, 0.1) is 4.90 Å². The molecule has 1 aromatic heterocycles. The number of sulfonamides is 1. The van der Waals surface area contributed by atoms with Gasteiger partial charge >= 0.3 is 6.36 Å². The van der Waals surface area contributed by atoms with E-state index < -0.39 is 22.1 Å². The molecule has 12 heteroatoms. The second-order valence-electron chi connectivity index (χ2n) is 5.90. The predicted molar refractivity (Wildman–Crippen MR) is 97.9 cm³/mol. The number of hydrogen-bond acceptors (Lipinski definition) is 7. The van der Waals surface area contributed by atoms with E-state index in [1.165, 1.54) is 0 Å². The second-order valence-corrected chi connectivity index (χ2v) is 7.66. The molecule has 8 nitrogen and oxygen atoms in total. The fourth-order valence-electron chi connectivity index (χ4n) is 2.15. The third kappa shape index (κ3) is 6.53. The van der Waals surface area contributed by atoms with Gasteiger partial charge in [0.15, 0.2) is 0 Å². The quantitative estimate of drug-likeness (QED) is 0.633. The van der Waals surface area contributed by atoms with Gasteiger partial charge in [0, 0.05) is 33.3 Å². The van der Waals surface area contributed by atoms with Crippen molar-refractivity contribution < 1.29 is 26.3 Å². The SMILES string of the molecule is Cc1nc(NCCNS(=O)(=O)c2ccc(OC(F)(F)F)cc2)cc(N(C)C)n1. The van der Waals surface area contributed by atoms with Gasteiger partial charge in [0.25, 0.3) is 0 Å². The molecule has 0 radical (unpaired) electrons. The molecule has 2 rings (SSSR count). The molecule has 0 spiro atoms. The number of aromatic nitrogens is 2. The van der Waals surface area contributed by atoms with E-state index in [0.717, 1.165) is 24.3 Å². The van der Waals surface area contributed by atoms with Gasteiger partial charge < -0.3 is 15.0 Å². The molecule has 0 bridgehead atoms. The lowest BCUT2D eigenvalue weighted by Gasteiger charge is -2.14. The molecule has 0 aliphatic rings. The van der Waals surface area contributed by atoms with Crippen molar-refractivity contribution in [2.75, 3.05) is 37.4 Å². The summed E-state index contributed by atoms with van der Waals surface area (Å²) in [5, 5.41) is 2.99. The van der Waals surface area contributed by atoms with E-state index in [-0.39, 0.29) is 18.0 Å². The molecule has 28 heavy (non-hydrogen) atoms. The number of halogens is 3. The third-order valence-corrected chi connectivity index (χ3v) is 4.85. The molecule has 0 aliphatic carbocycles. The Labute approximate surface area is 160 Å². The molecule has 0 amide bonds. The molecular weight excluding hydrogens is 399 g/mol. The Morgan fingerprint density at radius 2 is 1.75 bits per heavy atom. The maximum atomic E-state index is 12.2. The standard InChI is InChI=1S/C16H20F3N5O3S/c1-11-22-14(10-15(23-11)24(2)3)20-8-9-21-28(25,26)13-6-4-12(5-7-13)27-16(17,18)19/h4-7,10,21H,8-9H2,1-3H3,(H,20,22,23). The molecule has 2 aromatic rings. The Balaban J connectivity index is 1.92. The largest absolute Gasteiger partial charge is 0.573 e. The molecular formula is C16H20F3N5O3S. The number of nitrogens with zero attached hydrogens (tertiary/aromatic N) is 3. The Hall–Kier alpha value is -2.60. The summed E-state index contributed by atoms with van der Waals surface area (Å²) in [6.45, 7) is 2.04. The molecule has 154 valence electrons. The molecule has 2 N–H and O–H groups in total. The fourth-order valence-corrected chi connectivity index (χ4v) is 3.18. The molecule has 0 unspecified atom stereocenters. The highest BCUT2D eigenvalue weighted by atomic mass is 32.2. The number of hydrogen-bond donors (Lipinski definition) is 2. The van der Waals surface area contributed by atoms with Gasteiger partial charge in [-0.25, -0.2) is 23.1 Å². The average Bonchev–Trinajstić information content (AvgIpc) is 2.57. The van der Waals surface area contributed by atoms with Crippen molar-refractivity contribution in [2.24, 2.45) is 0 Å². The minimum atomic E-state index is -4.84. The summed E-state index contributed by atoms with van der Waals surface area (Å²) in [6.07, 6.45) is -4.84. The highest BCUT2D eigenvalue weighted by Crippen LogP contribution is 2.23. The number of rotatable bonds is 8. The van der Waals surface area contributed by atoms with Crippen LogP contribution in [0.3, 0.4) is 0 Å². The number of alkyl halides is 3. The lowest BCUT2D eigenvalue weighted by molar-refractivity contribution is -0.274. The molecule has 1 heterocycles. The van der Waals surface area contributed by atoms with Gasteiger partial charge in [-0.15, -0.1) is 13.2 Å². The third-order valence-electron chi connectivity index (χ3n) is 3.37. The first-order valence-electron chi connectivity index (χ1n) is 8.09. The van der Waals surface area contributed by atoms with Crippen molar-refractivity contribution in [1.29, 1.82) is 0 Å². The zero-order valence-corrected chi connectivity index (χ0v) is 16.2. The van der Waals surface area contributed by atoms with Crippen LogP contribution in [0.1, 0.15) is 5.82 Å². The van der Waals surface area contributed by atoms with Crippen LogP contribution in [0.4, 0.5) is 24.8 Å². The number of anilines is 2. The van der Waals surface area contributed by atoms with E-state index >= 15 is 0 Å². The lowest BCUT2D eigenvalue weighted by atomic mass is 10.3. The van der Waals surface area contributed by atoms with Crippen molar-refractivity contribution in [3.63, 3.8) is 0 Å². The summed E-state index contributed by atoms with van der Waals surface area (Å²) in [4.78, 5) is 10.1. The van der Waals surface area contributed by atoms with Crippen LogP contribution in [0.25, 0.3) is 0 Å². The topological polar surface area (TPSA) is 96.5 Å². The molecule has 1 aromatic carbocycles. The number of nitrogens with one attached hydrogen (secondary N) is 2. The Bertz CT molecular complexity index is 903. The van der Waals surface area contributed by atoms with Crippen molar-refractivity contribution in [1.82, 2.24) is 14.7 Å². The summed E-state index contributed by atoms with van der Waals surface area (Å²) >= 11 is 0. The Kier molecular flexibility index (Phi) is 6.67. The maximum absolute atomic E-state index is 12.2. The first-order chi connectivity index (χ1) is 13.0. The lowest BCUT2D eigenvalue weighted by Crippen LogP contribution is -2.29. The van der Waals surface area contributed by atoms with Gasteiger partial charge in [-0.05, 0) is 31.2 Å². The number of benzene rings is 1. The van der Waals surface area contributed by atoms with Gasteiger partial charge in [-0.1, -0.05) is 0 Å². The summed E-state index contributed by atoms with van der Waals surface area (Å²) in [7, 11) is -0.197. The van der Waals surface area contributed by atoms with Crippen LogP contribution in [0.15, 0.2) is 35.2 Å². The summed E-state index contributed by atoms with van der Waals surface area (Å²) in [5.74, 6) is 1.32. The van der Waals surface area contributed by atoms with Gasteiger partial charge in [-0.2, -0.15) is 0 Å². The van der Waals surface area contributed by atoms with Gasteiger partial charge in [0.1, 0.15) is 23.2 Å². The van der Waals surface area contributed by atoms with E-state index in [0.29, 0.717) is 17.5 Å². The first kappa shape index (κ1) is 21.7. The van der Waals surface area contributed by atoms with Crippen molar-refractivity contribution in [3.05, 3.63) is 36.2 Å². The first-order valence-corrected chi connectivity index (χ1v) is 9.57. The zero-order valence-electron chi connectivity index (χ0n) is 15.4. The summed E-state index contributed by atoms with van der Waals surface area (Å²) in [5.41, 5.74) is 0. The fraction of sp³-hybridized carbons (Fsp3) is 0.375. The summed E-state index contributed by atoms with van der Waals surface area (Å²) in [6, 6.07) is 5.67. The van der Waals surface area contributed by atoms with Gasteiger partial charge in [0.2, 0.25) is 10.0 Å². The number of aryl methyl sites for hydroxylation is 1. The maximum Gasteiger partial charge on any atom is 0.573 e. The second kappa shape index (κ2) is 8.61. The van der Waals surface area contributed by atoms with E-state index in [2.05, 4.69) is 24.7 Å². The highest BCUT2D eigenvalue weighted by Gasteiger charge is 2.31. The zero-order chi connectivity index (χ0) is 20.9. The van der Waals surface area contributed by atoms with Crippen LogP contribution < -0.4 is 19.7 Å². The minimum Gasteiger partial charge on any atom is -0.406 e. The Morgan fingerprint density at radius 1 is 1.11 bits per heavy atom. The average molecular weight is 419 g/mol. The monoisotopic (exact) mass is 419 g/mol. The predicted octanol–water partition coefficient (Wildman–Crippen LogP) is 2.14. The Morgan fingerprint density at radius 3 is 2.32 bits per heavy atom. The van der Waals surface area contributed by atoms with E-state index in [4.69, 9.17) is 0 Å². The normalized spacial score (nSPS) is 11.9. The van der Waals surface area contributed by atoms with Crippen LogP contribution in [0.2, 0.25) is 0 Å². The molecule has 0 saturated heterocycles. The molecule has 0 atom stereocenters. The van der Waals surface area contributed by atoms with Crippen LogP contribution in [-0.4, -0.2) is 51.9 Å². The van der Waals surface area contributed by atoms with Crippen molar-refractivity contribution in [3.8, 4) is 5.75 Å².